The molecule has 1 aliphatic rings. The van der Waals surface area contributed by atoms with E-state index in [2.05, 4.69) is 29.8 Å². The third-order valence-electron chi connectivity index (χ3n) is 5.03. The first kappa shape index (κ1) is 14.6. The van der Waals surface area contributed by atoms with E-state index >= 15 is 0 Å². The lowest BCUT2D eigenvalue weighted by Crippen LogP contribution is -2.43. The standard InChI is InChI=1S/C16H21BrO2/c1-15(2)12(11-17)9-10-16(15,3)14(18)19-13-7-5-4-6-8-13/h4-8,12H,9-11H2,1-3H3/t12-,16+/m0/s1. The molecule has 2 atom stereocenters. The van der Waals surface area contributed by atoms with Crippen LogP contribution in [0.25, 0.3) is 0 Å². The zero-order chi connectivity index (χ0) is 14.1. The van der Waals surface area contributed by atoms with Gasteiger partial charge in [0.15, 0.2) is 0 Å². The summed E-state index contributed by atoms with van der Waals surface area (Å²) in [7, 11) is 0. The third-order valence-corrected chi connectivity index (χ3v) is 5.81. The molecule has 2 rings (SSSR count). The van der Waals surface area contributed by atoms with E-state index in [0.29, 0.717) is 11.7 Å². The minimum Gasteiger partial charge on any atom is -0.426 e. The van der Waals surface area contributed by atoms with Crippen molar-refractivity contribution in [1.29, 1.82) is 0 Å². The van der Waals surface area contributed by atoms with E-state index in [1.165, 1.54) is 0 Å². The molecule has 0 aromatic heterocycles. The molecule has 2 nitrogen and oxygen atoms in total. The number of esters is 1. The van der Waals surface area contributed by atoms with Gasteiger partial charge in [-0.15, -0.1) is 0 Å². The number of para-hydroxylation sites is 1. The summed E-state index contributed by atoms with van der Waals surface area (Å²) < 4.78 is 5.58. The SMILES string of the molecule is CC1(C)[C@H](CBr)CC[C@]1(C)C(=O)Oc1ccccc1. The second kappa shape index (κ2) is 5.28. The molecule has 0 heterocycles. The summed E-state index contributed by atoms with van der Waals surface area (Å²) in [5.74, 6) is 1.04. The van der Waals surface area contributed by atoms with Crippen LogP contribution >= 0.6 is 15.9 Å². The normalized spacial score (nSPS) is 29.2. The fraction of sp³-hybridized carbons (Fsp3) is 0.562. The van der Waals surface area contributed by atoms with Gasteiger partial charge in [-0.1, -0.05) is 48.0 Å². The lowest BCUT2D eigenvalue weighted by atomic mass is 9.66. The van der Waals surface area contributed by atoms with Crippen LogP contribution in [0.15, 0.2) is 30.3 Å². The van der Waals surface area contributed by atoms with Crippen molar-refractivity contribution in [2.75, 3.05) is 5.33 Å². The van der Waals surface area contributed by atoms with Gasteiger partial charge in [0.2, 0.25) is 0 Å². The predicted molar refractivity (Wildman–Crippen MR) is 80.5 cm³/mol. The van der Waals surface area contributed by atoms with E-state index < -0.39 is 5.41 Å². The van der Waals surface area contributed by atoms with Gasteiger partial charge in [0.25, 0.3) is 0 Å². The van der Waals surface area contributed by atoms with Crippen LogP contribution in [0.5, 0.6) is 5.75 Å². The van der Waals surface area contributed by atoms with Crippen LogP contribution < -0.4 is 4.74 Å². The third kappa shape index (κ3) is 2.45. The molecular formula is C16H21BrO2. The predicted octanol–water partition coefficient (Wildman–Crippen LogP) is 4.43. The zero-order valence-corrected chi connectivity index (χ0v) is 13.4. The van der Waals surface area contributed by atoms with Gasteiger partial charge in [-0.05, 0) is 43.2 Å². The summed E-state index contributed by atoms with van der Waals surface area (Å²) in [4.78, 5) is 12.6. The molecule has 1 saturated carbocycles. The molecule has 0 unspecified atom stereocenters. The Hall–Kier alpha value is -0.830. The average molecular weight is 325 g/mol. The van der Waals surface area contributed by atoms with E-state index in [-0.39, 0.29) is 11.4 Å². The van der Waals surface area contributed by atoms with Crippen LogP contribution in [-0.2, 0) is 4.79 Å². The van der Waals surface area contributed by atoms with Crippen LogP contribution in [0.1, 0.15) is 33.6 Å². The highest BCUT2D eigenvalue weighted by Gasteiger charge is 2.56. The van der Waals surface area contributed by atoms with Crippen LogP contribution in [-0.4, -0.2) is 11.3 Å². The summed E-state index contributed by atoms with van der Waals surface area (Å²) in [5.41, 5.74) is -0.469. The molecule has 104 valence electrons. The fourth-order valence-corrected chi connectivity index (χ4v) is 4.07. The molecule has 1 aromatic carbocycles. The first-order chi connectivity index (χ1) is 8.91. The van der Waals surface area contributed by atoms with Crippen molar-refractivity contribution in [3.8, 4) is 5.75 Å². The van der Waals surface area contributed by atoms with Crippen molar-refractivity contribution in [3.05, 3.63) is 30.3 Å². The van der Waals surface area contributed by atoms with Crippen LogP contribution in [0.3, 0.4) is 0 Å². The lowest BCUT2D eigenvalue weighted by molar-refractivity contribution is -0.151. The van der Waals surface area contributed by atoms with Crippen molar-refractivity contribution in [2.24, 2.45) is 16.7 Å². The Morgan fingerprint density at radius 2 is 1.95 bits per heavy atom. The number of hydrogen-bond donors (Lipinski definition) is 0. The summed E-state index contributed by atoms with van der Waals surface area (Å²) in [6, 6.07) is 9.33. The molecule has 3 heteroatoms. The maximum atomic E-state index is 12.6. The minimum atomic E-state index is -0.415. The van der Waals surface area contributed by atoms with Gasteiger partial charge in [0.05, 0.1) is 5.41 Å². The van der Waals surface area contributed by atoms with Gasteiger partial charge in [0.1, 0.15) is 5.75 Å². The van der Waals surface area contributed by atoms with Crippen molar-refractivity contribution in [2.45, 2.75) is 33.6 Å². The topological polar surface area (TPSA) is 26.3 Å². The Labute approximate surface area is 123 Å². The van der Waals surface area contributed by atoms with E-state index in [0.717, 1.165) is 18.2 Å². The molecular weight excluding hydrogens is 304 g/mol. The minimum absolute atomic E-state index is 0.0532. The van der Waals surface area contributed by atoms with E-state index in [1.54, 1.807) is 0 Å². The Morgan fingerprint density at radius 1 is 1.32 bits per heavy atom. The van der Waals surface area contributed by atoms with Gasteiger partial charge in [-0.2, -0.15) is 0 Å². The highest BCUT2D eigenvalue weighted by molar-refractivity contribution is 9.09. The molecule has 0 amide bonds. The molecule has 1 aliphatic carbocycles. The first-order valence-electron chi connectivity index (χ1n) is 6.75. The maximum Gasteiger partial charge on any atom is 0.317 e. The summed E-state index contributed by atoms with van der Waals surface area (Å²) in [5, 5.41) is 0.939. The molecule has 0 N–H and O–H groups in total. The number of carbonyl (C=O) groups excluding carboxylic acids is 1. The maximum absolute atomic E-state index is 12.6. The van der Waals surface area contributed by atoms with Crippen molar-refractivity contribution < 1.29 is 9.53 Å². The number of hydrogen-bond acceptors (Lipinski definition) is 2. The highest BCUT2D eigenvalue weighted by Crippen LogP contribution is 2.56. The first-order valence-corrected chi connectivity index (χ1v) is 7.87. The Morgan fingerprint density at radius 3 is 2.47 bits per heavy atom. The highest BCUT2D eigenvalue weighted by atomic mass is 79.9. The molecule has 0 spiro atoms. The summed E-state index contributed by atoms with van der Waals surface area (Å²) >= 11 is 3.57. The monoisotopic (exact) mass is 324 g/mol. The molecule has 1 fully saturated rings. The molecule has 0 aliphatic heterocycles. The second-order valence-electron chi connectivity index (χ2n) is 6.15. The lowest BCUT2D eigenvalue weighted by Gasteiger charge is -2.39. The van der Waals surface area contributed by atoms with Crippen LogP contribution in [0.2, 0.25) is 0 Å². The van der Waals surface area contributed by atoms with Gasteiger partial charge < -0.3 is 4.74 Å². The van der Waals surface area contributed by atoms with E-state index in [9.17, 15) is 4.79 Å². The number of halogens is 1. The van der Waals surface area contributed by atoms with Crippen LogP contribution in [0, 0.1) is 16.7 Å². The Bertz CT molecular complexity index is 455. The Balaban J connectivity index is 2.19. The van der Waals surface area contributed by atoms with Gasteiger partial charge >= 0.3 is 5.97 Å². The fourth-order valence-electron chi connectivity index (χ4n) is 2.94. The Kier molecular flexibility index (Phi) is 4.05. The number of ether oxygens (including phenoxy) is 1. The number of alkyl halides is 1. The van der Waals surface area contributed by atoms with E-state index in [1.807, 2.05) is 37.3 Å². The second-order valence-corrected chi connectivity index (χ2v) is 6.79. The van der Waals surface area contributed by atoms with E-state index in [4.69, 9.17) is 4.74 Å². The van der Waals surface area contributed by atoms with Gasteiger partial charge in [0, 0.05) is 5.33 Å². The number of benzene rings is 1. The number of rotatable bonds is 3. The molecule has 1 aromatic rings. The molecule has 0 radical (unpaired) electrons. The van der Waals surface area contributed by atoms with Crippen molar-refractivity contribution in [1.82, 2.24) is 0 Å². The molecule has 19 heavy (non-hydrogen) atoms. The van der Waals surface area contributed by atoms with Gasteiger partial charge in [-0.3, -0.25) is 4.79 Å². The molecule has 0 saturated heterocycles. The average Bonchev–Trinajstić information content (AvgIpc) is 2.62. The van der Waals surface area contributed by atoms with Gasteiger partial charge in [-0.25, -0.2) is 0 Å². The number of carbonyl (C=O) groups is 1. The largest absolute Gasteiger partial charge is 0.426 e. The van der Waals surface area contributed by atoms with Crippen LogP contribution in [0.4, 0.5) is 0 Å². The molecule has 0 bridgehead atoms. The smallest absolute Gasteiger partial charge is 0.317 e. The van der Waals surface area contributed by atoms with Crippen molar-refractivity contribution in [3.63, 3.8) is 0 Å². The quantitative estimate of drug-likeness (QED) is 0.467. The summed E-state index contributed by atoms with van der Waals surface area (Å²) in [6.07, 6.45) is 1.96. The van der Waals surface area contributed by atoms with Crippen molar-refractivity contribution >= 4 is 21.9 Å². The summed E-state index contributed by atoms with van der Waals surface area (Å²) in [6.45, 7) is 6.40. The zero-order valence-electron chi connectivity index (χ0n) is 11.8.